The third-order valence-electron chi connectivity index (χ3n) is 4.53. The molecule has 1 fully saturated rings. The van der Waals surface area contributed by atoms with Crippen LogP contribution in [0.1, 0.15) is 12.8 Å². The monoisotopic (exact) mass is 351 g/mol. The summed E-state index contributed by atoms with van der Waals surface area (Å²) >= 11 is 0. The number of rotatable bonds is 5. The second-order valence-electron chi connectivity index (χ2n) is 6.39. The number of amides is 1. The van der Waals surface area contributed by atoms with Crippen LogP contribution in [0.5, 0.6) is 5.75 Å². The fourth-order valence-corrected chi connectivity index (χ4v) is 3.33. The fraction of sp³-hybridized carbons (Fsp3) is 0.316. The average Bonchev–Trinajstić information content (AvgIpc) is 3.16. The summed E-state index contributed by atoms with van der Waals surface area (Å²) in [6.45, 7) is 1.68. The molecule has 3 heterocycles. The summed E-state index contributed by atoms with van der Waals surface area (Å²) in [5.74, 6) is 1.51. The Bertz CT molecular complexity index is 880. The summed E-state index contributed by atoms with van der Waals surface area (Å²) in [5.41, 5.74) is 0.831. The van der Waals surface area contributed by atoms with Crippen molar-refractivity contribution in [2.24, 2.45) is 0 Å². The zero-order valence-electron chi connectivity index (χ0n) is 14.4. The van der Waals surface area contributed by atoms with E-state index in [0.717, 1.165) is 42.8 Å². The van der Waals surface area contributed by atoms with Gasteiger partial charge in [-0.3, -0.25) is 4.79 Å². The number of nitrogens with one attached hydrogen (secondary N) is 2. The van der Waals surface area contributed by atoms with E-state index in [2.05, 4.69) is 25.2 Å². The molecule has 1 aromatic carbocycles. The summed E-state index contributed by atoms with van der Waals surface area (Å²) in [6, 6.07) is 11.4. The van der Waals surface area contributed by atoms with Crippen molar-refractivity contribution < 1.29 is 9.53 Å². The molecule has 0 bridgehead atoms. The number of piperidine rings is 1. The van der Waals surface area contributed by atoms with E-state index >= 15 is 0 Å². The maximum absolute atomic E-state index is 12.2. The van der Waals surface area contributed by atoms with Gasteiger partial charge in [-0.05, 0) is 31.0 Å². The molecule has 1 aliphatic rings. The van der Waals surface area contributed by atoms with E-state index in [9.17, 15) is 4.79 Å². The minimum absolute atomic E-state index is 0.0239. The Morgan fingerprint density at radius 3 is 3.04 bits per heavy atom. The van der Waals surface area contributed by atoms with Crippen LogP contribution < -0.4 is 15.0 Å². The third-order valence-corrected chi connectivity index (χ3v) is 4.53. The Morgan fingerprint density at radius 1 is 1.27 bits per heavy atom. The van der Waals surface area contributed by atoms with Gasteiger partial charge in [-0.15, -0.1) is 0 Å². The summed E-state index contributed by atoms with van der Waals surface area (Å²) < 4.78 is 5.52. The number of aromatic amines is 1. The highest BCUT2D eigenvalue weighted by Gasteiger charge is 2.24. The lowest BCUT2D eigenvalue weighted by Crippen LogP contribution is -2.49. The number of hydrogen-bond acceptors (Lipinski definition) is 5. The minimum atomic E-state index is -0.102. The van der Waals surface area contributed by atoms with Crippen molar-refractivity contribution in [1.29, 1.82) is 0 Å². The van der Waals surface area contributed by atoms with Crippen molar-refractivity contribution in [3.8, 4) is 5.75 Å². The minimum Gasteiger partial charge on any atom is -0.484 e. The van der Waals surface area contributed by atoms with Crippen LogP contribution in [0.25, 0.3) is 11.0 Å². The Hall–Kier alpha value is -3.09. The lowest BCUT2D eigenvalue weighted by Gasteiger charge is -2.34. The number of H-pyrrole nitrogens is 1. The molecule has 7 nitrogen and oxygen atoms in total. The first kappa shape index (κ1) is 16.4. The number of aromatic nitrogens is 3. The van der Waals surface area contributed by atoms with Crippen molar-refractivity contribution in [2.75, 3.05) is 24.6 Å². The van der Waals surface area contributed by atoms with Crippen LogP contribution in [0.4, 0.5) is 5.82 Å². The molecule has 26 heavy (non-hydrogen) atoms. The molecule has 1 saturated heterocycles. The number of fused-ring (bicyclic) bond motifs is 1. The number of carbonyl (C=O) groups excluding carboxylic acids is 1. The summed E-state index contributed by atoms with van der Waals surface area (Å²) in [6.07, 6.45) is 5.40. The number of hydrogen-bond donors (Lipinski definition) is 2. The quantitative estimate of drug-likeness (QED) is 0.736. The van der Waals surface area contributed by atoms with Crippen LogP contribution in [0.3, 0.4) is 0 Å². The van der Waals surface area contributed by atoms with Crippen LogP contribution in [0.2, 0.25) is 0 Å². The van der Waals surface area contributed by atoms with Gasteiger partial charge in [-0.2, -0.15) is 0 Å². The first-order chi connectivity index (χ1) is 12.8. The van der Waals surface area contributed by atoms with Crippen molar-refractivity contribution in [3.63, 3.8) is 0 Å². The molecule has 7 heteroatoms. The Morgan fingerprint density at radius 2 is 2.15 bits per heavy atom. The second-order valence-corrected chi connectivity index (χ2v) is 6.39. The molecule has 1 aliphatic heterocycles. The highest BCUT2D eigenvalue weighted by molar-refractivity contribution is 5.87. The number of anilines is 1. The molecule has 0 saturated carbocycles. The van der Waals surface area contributed by atoms with Crippen LogP contribution in [-0.2, 0) is 4.79 Å². The molecule has 2 N–H and O–H groups in total. The van der Waals surface area contributed by atoms with Crippen LogP contribution >= 0.6 is 0 Å². The zero-order chi connectivity index (χ0) is 17.8. The highest BCUT2D eigenvalue weighted by Crippen LogP contribution is 2.25. The van der Waals surface area contributed by atoms with Gasteiger partial charge >= 0.3 is 0 Å². The molecule has 3 aromatic rings. The number of benzene rings is 1. The number of carbonyl (C=O) groups is 1. The van der Waals surface area contributed by atoms with Gasteiger partial charge in [0.1, 0.15) is 23.5 Å². The van der Waals surface area contributed by atoms with Gasteiger partial charge in [-0.25, -0.2) is 9.97 Å². The van der Waals surface area contributed by atoms with Gasteiger partial charge in [0.15, 0.2) is 6.61 Å². The highest BCUT2D eigenvalue weighted by atomic mass is 16.5. The molecular weight excluding hydrogens is 330 g/mol. The maximum atomic E-state index is 12.2. The van der Waals surface area contributed by atoms with Crippen molar-refractivity contribution in [1.82, 2.24) is 20.3 Å². The molecule has 134 valence electrons. The smallest absolute Gasteiger partial charge is 0.258 e. The van der Waals surface area contributed by atoms with E-state index in [4.69, 9.17) is 4.74 Å². The van der Waals surface area contributed by atoms with Crippen molar-refractivity contribution >= 4 is 22.8 Å². The van der Waals surface area contributed by atoms with Gasteiger partial charge in [0.25, 0.3) is 5.91 Å². The molecule has 0 spiro atoms. The standard InChI is InChI=1S/C19H21N5O2/c25-17(12-26-15-6-2-1-3-7-15)23-14-5-4-10-24(11-14)19-16-8-9-20-18(16)21-13-22-19/h1-3,6-9,13-14H,4-5,10-12H2,(H,23,25)(H,20,21,22). The molecule has 1 amide bonds. The molecular formula is C19H21N5O2. The lowest BCUT2D eigenvalue weighted by molar-refractivity contribution is -0.123. The van der Waals surface area contributed by atoms with Gasteiger partial charge < -0.3 is 19.9 Å². The van der Waals surface area contributed by atoms with Gasteiger partial charge in [-0.1, -0.05) is 18.2 Å². The Kier molecular flexibility index (Phi) is 4.68. The maximum Gasteiger partial charge on any atom is 0.258 e. The predicted octanol–water partition coefficient (Wildman–Crippen LogP) is 2.12. The lowest BCUT2D eigenvalue weighted by atomic mass is 10.1. The van der Waals surface area contributed by atoms with Crippen LogP contribution in [0, 0.1) is 0 Å². The van der Waals surface area contributed by atoms with Crippen molar-refractivity contribution in [2.45, 2.75) is 18.9 Å². The summed E-state index contributed by atoms with van der Waals surface area (Å²) in [4.78, 5) is 26.2. The topological polar surface area (TPSA) is 83.1 Å². The van der Waals surface area contributed by atoms with E-state index in [-0.39, 0.29) is 18.6 Å². The molecule has 1 unspecified atom stereocenters. The Labute approximate surface area is 151 Å². The SMILES string of the molecule is O=C(COc1ccccc1)NC1CCCN(c2ncnc3[nH]ccc23)C1. The normalized spacial score (nSPS) is 17.2. The first-order valence-corrected chi connectivity index (χ1v) is 8.80. The zero-order valence-corrected chi connectivity index (χ0v) is 14.4. The largest absolute Gasteiger partial charge is 0.484 e. The van der Waals surface area contributed by atoms with E-state index in [1.165, 1.54) is 0 Å². The van der Waals surface area contributed by atoms with Gasteiger partial charge in [0.2, 0.25) is 0 Å². The van der Waals surface area contributed by atoms with Gasteiger partial charge in [0, 0.05) is 25.3 Å². The van der Waals surface area contributed by atoms with E-state index in [1.807, 2.05) is 42.6 Å². The van der Waals surface area contributed by atoms with Gasteiger partial charge in [0.05, 0.1) is 5.39 Å². The van der Waals surface area contributed by atoms with E-state index in [0.29, 0.717) is 5.75 Å². The second kappa shape index (κ2) is 7.43. The number of ether oxygens (including phenoxy) is 1. The fourth-order valence-electron chi connectivity index (χ4n) is 3.33. The van der Waals surface area contributed by atoms with Crippen molar-refractivity contribution in [3.05, 3.63) is 48.9 Å². The van der Waals surface area contributed by atoms with E-state index in [1.54, 1.807) is 6.33 Å². The van der Waals surface area contributed by atoms with Crippen LogP contribution in [-0.4, -0.2) is 46.6 Å². The Balaban J connectivity index is 1.36. The van der Waals surface area contributed by atoms with Crippen LogP contribution in [0.15, 0.2) is 48.9 Å². The summed E-state index contributed by atoms with van der Waals surface area (Å²) in [7, 11) is 0. The molecule has 0 aliphatic carbocycles. The molecule has 4 rings (SSSR count). The molecule has 1 atom stereocenters. The first-order valence-electron chi connectivity index (χ1n) is 8.80. The molecule has 2 aromatic heterocycles. The number of nitrogens with zero attached hydrogens (tertiary/aromatic N) is 3. The summed E-state index contributed by atoms with van der Waals surface area (Å²) in [5, 5.41) is 4.08. The predicted molar refractivity (Wildman–Crippen MR) is 99.2 cm³/mol. The number of para-hydroxylation sites is 1. The average molecular weight is 351 g/mol. The third kappa shape index (κ3) is 3.61. The molecule has 0 radical (unpaired) electrons. The van der Waals surface area contributed by atoms with E-state index < -0.39 is 0 Å².